The van der Waals surface area contributed by atoms with Gasteiger partial charge in [-0.05, 0) is 84.5 Å². The number of halogens is 2. The topological polar surface area (TPSA) is 133 Å². The molecular weight excluding hydrogens is 665 g/mol. The Morgan fingerprint density at radius 2 is 1.55 bits per heavy atom. The number of nitrogens with zero attached hydrogens (tertiary/aromatic N) is 5. The normalized spacial score (nSPS) is 13.2. The third-order valence-electron chi connectivity index (χ3n) is 8.89. The third-order valence-corrected chi connectivity index (χ3v) is 9.42. The number of furan rings is 2. The Morgan fingerprint density at radius 1 is 0.837 bits per heavy atom. The van der Waals surface area contributed by atoms with Crippen molar-refractivity contribution < 1.29 is 8.83 Å². The number of pyridine rings is 1. The van der Waals surface area contributed by atoms with Crippen LogP contribution in [0.15, 0.2) is 97.5 Å². The second-order valence-corrected chi connectivity index (χ2v) is 12.8. The highest BCUT2D eigenvalue weighted by Gasteiger charge is 2.26. The predicted octanol–water partition coefficient (Wildman–Crippen LogP) is 7.81. The first-order valence-corrected chi connectivity index (χ1v) is 16.4. The van der Waals surface area contributed by atoms with Gasteiger partial charge in [0.1, 0.15) is 22.2 Å². The second-order valence-electron chi connectivity index (χ2n) is 12.0. The molecule has 0 spiro atoms. The number of hydrogen-bond acceptors (Lipinski definition) is 9. The van der Waals surface area contributed by atoms with Crippen molar-refractivity contribution in [2.24, 2.45) is 0 Å². The fourth-order valence-corrected chi connectivity index (χ4v) is 6.90. The molecule has 8 aromatic rings. The summed E-state index contributed by atoms with van der Waals surface area (Å²) in [5, 5.41) is 8.51. The van der Waals surface area contributed by atoms with E-state index >= 15 is 0 Å². The van der Waals surface area contributed by atoms with Crippen molar-refractivity contribution in [3.8, 4) is 11.4 Å². The molecule has 11 nitrogen and oxygen atoms in total. The van der Waals surface area contributed by atoms with Crippen LogP contribution in [-0.4, -0.2) is 31.1 Å². The summed E-state index contributed by atoms with van der Waals surface area (Å²) in [6, 6.07) is 20.3. The van der Waals surface area contributed by atoms with Gasteiger partial charge in [-0.15, -0.1) is 0 Å². The highest BCUT2D eigenvalue weighted by Crippen LogP contribution is 2.43. The van der Waals surface area contributed by atoms with Gasteiger partial charge in [-0.1, -0.05) is 35.3 Å². The number of rotatable bonds is 7. The average Bonchev–Trinajstić information content (AvgIpc) is 3.80. The second kappa shape index (κ2) is 11.2. The van der Waals surface area contributed by atoms with Gasteiger partial charge < -0.3 is 19.5 Å². The Balaban J connectivity index is 1.12. The molecule has 3 aromatic carbocycles. The molecule has 0 saturated heterocycles. The quantitative estimate of drug-likeness (QED) is 0.172. The summed E-state index contributed by atoms with van der Waals surface area (Å²) < 4.78 is 15.4. The van der Waals surface area contributed by atoms with E-state index in [1.165, 1.54) is 10.1 Å². The van der Waals surface area contributed by atoms with Gasteiger partial charge >= 0.3 is 11.4 Å². The molecule has 242 valence electrons. The van der Waals surface area contributed by atoms with Gasteiger partial charge in [0.15, 0.2) is 22.8 Å². The molecule has 0 amide bonds. The minimum Gasteiger partial charge on any atom is -0.451 e. The standard InChI is InChI=1S/C36H25Cl2N7O4/c1-39-33-31-30(24-15-21(37)8-11-28(24)48-31)45(36(47)42-33)26-9-4-18(13-25(26)38)16-41-34-32-29(44(35(46)43-34)22-3-2-12-40-17-22)23-14-20(19-5-6-19)7-10-27(23)49-32/h2-4,7-15,17,19H,5-6,16H2,1H3,(H,39,42,47)(H,41,43,46). The van der Waals surface area contributed by atoms with Gasteiger partial charge in [0.25, 0.3) is 0 Å². The summed E-state index contributed by atoms with van der Waals surface area (Å²) in [6.07, 6.45) is 5.59. The first-order valence-electron chi connectivity index (χ1n) is 15.6. The summed E-state index contributed by atoms with van der Waals surface area (Å²) in [6.45, 7) is 0.258. The number of hydrogen-bond donors (Lipinski definition) is 2. The average molecular weight is 691 g/mol. The molecule has 9 rings (SSSR count). The Bertz CT molecular complexity index is 2750. The van der Waals surface area contributed by atoms with Crippen LogP contribution in [0, 0.1) is 0 Å². The molecule has 5 aromatic heterocycles. The smallest absolute Gasteiger partial charge is 0.354 e. The predicted molar refractivity (Wildman–Crippen MR) is 191 cm³/mol. The van der Waals surface area contributed by atoms with E-state index in [2.05, 4.69) is 37.7 Å². The van der Waals surface area contributed by atoms with Crippen LogP contribution < -0.4 is 22.0 Å². The number of fused-ring (bicyclic) bond motifs is 6. The van der Waals surface area contributed by atoms with Gasteiger partial charge in [0, 0.05) is 35.6 Å². The third kappa shape index (κ3) is 4.84. The SMILES string of the molecule is CNc1nc(=O)n(-c2ccc(CNc3nc(=O)n(-c4cccnc4)c4c3oc3ccc(C5CC5)cc34)cc2Cl)c2c1oc1ccc(Cl)cc12. The first kappa shape index (κ1) is 29.5. The monoisotopic (exact) mass is 689 g/mol. The van der Waals surface area contributed by atoms with Gasteiger partial charge in [0.05, 0.1) is 22.6 Å². The molecule has 1 fully saturated rings. The van der Waals surface area contributed by atoms with Gasteiger partial charge in [-0.3, -0.25) is 14.1 Å². The van der Waals surface area contributed by atoms with Crippen molar-refractivity contribution >= 4 is 79.0 Å². The van der Waals surface area contributed by atoms with Crippen molar-refractivity contribution in [1.29, 1.82) is 0 Å². The highest BCUT2D eigenvalue weighted by atomic mass is 35.5. The van der Waals surface area contributed by atoms with Crippen molar-refractivity contribution in [3.05, 3.63) is 121 Å². The maximum Gasteiger partial charge on any atom is 0.354 e. The van der Waals surface area contributed by atoms with E-state index in [4.69, 9.17) is 32.0 Å². The summed E-state index contributed by atoms with van der Waals surface area (Å²) in [5.41, 5.74) is 5.16. The van der Waals surface area contributed by atoms with Crippen LogP contribution in [0.25, 0.3) is 55.5 Å². The lowest BCUT2D eigenvalue weighted by Crippen LogP contribution is -2.23. The summed E-state index contributed by atoms with van der Waals surface area (Å²) in [5.74, 6) is 1.13. The van der Waals surface area contributed by atoms with Crippen LogP contribution in [0.2, 0.25) is 10.0 Å². The van der Waals surface area contributed by atoms with Crippen LogP contribution in [-0.2, 0) is 6.54 Å². The minimum absolute atomic E-state index is 0.258. The Hall–Kier alpha value is -5.65. The number of benzene rings is 3. The lowest BCUT2D eigenvalue weighted by molar-refractivity contribution is 0.664. The van der Waals surface area contributed by atoms with Crippen LogP contribution in [0.5, 0.6) is 0 Å². The summed E-state index contributed by atoms with van der Waals surface area (Å²) >= 11 is 13.2. The van der Waals surface area contributed by atoms with Crippen molar-refractivity contribution in [3.63, 3.8) is 0 Å². The summed E-state index contributed by atoms with van der Waals surface area (Å²) in [7, 11) is 1.67. The molecule has 49 heavy (non-hydrogen) atoms. The number of anilines is 2. The first-order chi connectivity index (χ1) is 23.9. The Morgan fingerprint density at radius 3 is 2.29 bits per heavy atom. The molecule has 0 unspecified atom stereocenters. The zero-order valence-electron chi connectivity index (χ0n) is 25.8. The van der Waals surface area contributed by atoms with E-state index in [0.29, 0.717) is 77.7 Å². The van der Waals surface area contributed by atoms with Gasteiger partial charge in [-0.25, -0.2) is 9.59 Å². The molecule has 2 N–H and O–H groups in total. The molecule has 0 atom stereocenters. The van der Waals surface area contributed by atoms with E-state index in [-0.39, 0.29) is 6.54 Å². The maximum absolute atomic E-state index is 13.6. The molecule has 1 aliphatic rings. The van der Waals surface area contributed by atoms with E-state index < -0.39 is 11.4 Å². The molecule has 13 heteroatoms. The molecule has 0 aliphatic heterocycles. The molecule has 1 saturated carbocycles. The van der Waals surface area contributed by atoms with E-state index in [9.17, 15) is 9.59 Å². The molecule has 5 heterocycles. The minimum atomic E-state index is -0.539. The Kier molecular flexibility index (Phi) is 6.75. The van der Waals surface area contributed by atoms with E-state index in [1.807, 2.05) is 18.2 Å². The largest absolute Gasteiger partial charge is 0.451 e. The van der Waals surface area contributed by atoms with E-state index in [1.54, 1.807) is 60.4 Å². The van der Waals surface area contributed by atoms with E-state index in [0.717, 1.165) is 23.8 Å². The molecule has 0 bridgehead atoms. The zero-order chi connectivity index (χ0) is 33.4. The fraction of sp³-hybridized carbons (Fsp3) is 0.139. The molecule has 1 aliphatic carbocycles. The highest BCUT2D eigenvalue weighted by molar-refractivity contribution is 6.33. The van der Waals surface area contributed by atoms with Gasteiger partial charge in [0.2, 0.25) is 0 Å². The van der Waals surface area contributed by atoms with Crippen LogP contribution in [0.1, 0.15) is 29.9 Å². The van der Waals surface area contributed by atoms with Crippen molar-refractivity contribution in [1.82, 2.24) is 24.1 Å². The van der Waals surface area contributed by atoms with Gasteiger partial charge in [-0.2, -0.15) is 9.97 Å². The van der Waals surface area contributed by atoms with Crippen LogP contribution >= 0.6 is 23.2 Å². The summed E-state index contributed by atoms with van der Waals surface area (Å²) in [4.78, 5) is 39.9. The lowest BCUT2D eigenvalue weighted by atomic mass is 10.1. The van der Waals surface area contributed by atoms with Crippen molar-refractivity contribution in [2.75, 3.05) is 17.7 Å². The Labute approximate surface area is 286 Å². The fourth-order valence-electron chi connectivity index (χ4n) is 6.44. The van der Waals surface area contributed by atoms with Crippen LogP contribution in [0.4, 0.5) is 11.6 Å². The van der Waals surface area contributed by atoms with Crippen LogP contribution in [0.3, 0.4) is 0 Å². The molecular formula is C36H25Cl2N7O4. The number of aromatic nitrogens is 5. The maximum atomic E-state index is 13.6. The molecule has 0 radical (unpaired) electrons. The lowest BCUT2D eigenvalue weighted by Gasteiger charge is -2.13. The zero-order valence-corrected chi connectivity index (χ0v) is 27.3. The van der Waals surface area contributed by atoms with Crippen molar-refractivity contribution in [2.45, 2.75) is 25.3 Å². The number of nitrogens with one attached hydrogen (secondary N) is 2.